The number of benzene rings is 1. The van der Waals surface area contributed by atoms with Crippen molar-refractivity contribution in [3.8, 4) is 5.75 Å². The highest BCUT2D eigenvalue weighted by Crippen LogP contribution is 2.31. The summed E-state index contributed by atoms with van der Waals surface area (Å²) in [5, 5.41) is 3.17. The molecule has 1 aliphatic rings. The van der Waals surface area contributed by atoms with Crippen LogP contribution >= 0.6 is 0 Å². The van der Waals surface area contributed by atoms with Crippen LogP contribution in [-0.4, -0.2) is 33.9 Å². The Bertz CT molecular complexity index is 519. The summed E-state index contributed by atoms with van der Waals surface area (Å²) in [5.41, 5.74) is 0. The van der Waals surface area contributed by atoms with Crippen molar-refractivity contribution in [3.63, 3.8) is 0 Å². The van der Waals surface area contributed by atoms with Crippen LogP contribution in [-0.2, 0) is 9.84 Å². The molecule has 0 spiro atoms. The summed E-state index contributed by atoms with van der Waals surface area (Å²) in [4.78, 5) is 0.383. The lowest BCUT2D eigenvalue weighted by Crippen LogP contribution is -2.38. The molecule has 112 valence electrons. The van der Waals surface area contributed by atoms with Crippen molar-refractivity contribution in [2.24, 2.45) is 5.92 Å². The topological polar surface area (TPSA) is 55.4 Å². The van der Waals surface area contributed by atoms with Crippen molar-refractivity contribution in [3.05, 3.63) is 24.3 Å². The van der Waals surface area contributed by atoms with E-state index in [2.05, 4.69) is 5.32 Å². The molecule has 1 N–H and O–H groups in total. The van der Waals surface area contributed by atoms with Gasteiger partial charge in [-0.3, -0.25) is 0 Å². The van der Waals surface area contributed by atoms with Gasteiger partial charge in [0.2, 0.25) is 0 Å². The molecule has 2 rings (SSSR count). The highest BCUT2D eigenvalue weighted by Gasteiger charge is 2.30. The van der Waals surface area contributed by atoms with Crippen LogP contribution in [0.15, 0.2) is 29.2 Å². The monoisotopic (exact) mass is 297 g/mol. The lowest BCUT2D eigenvalue weighted by molar-refractivity contribution is 0.0657. The molecule has 1 aromatic rings. The van der Waals surface area contributed by atoms with Crippen LogP contribution in [0.2, 0.25) is 0 Å². The molecule has 0 unspecified atom stereocenters. The Morgan fingerprint density at radius 3 is 2.45 bits per heavy atom. The Morgan fingerprint density at radius 2 is 1.90 bits per heavy atom. The Morgan fingerprint density at radius 1 is 1.25 bits per heavy atom. The first-order valence-corrected chi connectivity index (χ1v) is 8.84. The fourth-order valence-electron chi connectivity index (χ4n) is 2.53. The van der Waals surface area contributed by atoms with E-state index >= 15 is 0 Å². The maximum absolute atomic E-state index is 11.9. The lowest BCUT2D eigenvalue weighted by Gasteiger charge is -2.35. The van der Waals surface area contributed by atoms with Gasteiger partial charge in [-0.15, -0.1) is 0 Å². The minimum absolute atomic E-state index is 0.196. The molecule has 20 heavy (non-hydrogen) atoms. The predicted octanol–water partition coefficient (Wildman–Crippen LogP) is 2.25. The standard InChI is InChI=1S/C15H23NO3S/c1-3-8-20(17,18)15-6-4-13(5-7-15)19-14-9-12(10-14)11-16-2/h4-7,12,14,16H,3,8-11H2,1-2H3. The highest BCUT2D eigenvalue weighted by atomic mass is 32.2. The third kappa shape index (κ3) is 3.73. The number of hydrogen-bond donors (Lipinski definition) is 1. The van der Waals surface area contributed by atoms with Gasteiger partial charge >= 0.3 is 0 Å². The number of hydrogen-bond acceptors (Lipinski definition) is 4. The summed E-state index contributed by atoms with van der Waals surface area (Å²) in [5.74, 6) is 1.66. The van der Waals surface area contributed by atoms with Crippen LogP contribution < -0.4 is 10.1 Å². The van der Waals surface area contributed by atoms with Gasteiger partial charge in [-0.05, 0) is 63.0 Å². The zero-order valence-electron chi connectivity index (χ0n) is 12.1. The number of sulfone groups is 1. The molecule has 0 bridgehead atoms. The first-order valence-electron chi connectivity index (χ1n) is 7.19. The van der Waals surface area contributed by atoms with E-state index in [0.717, 1.165) is 25.1 Å². The van der Waals surface area contributed by atoms with Crippen LogP contribution in [0.3, 0.4) is 0 Å². The molecule has 1 saturated carbocycles. The normalized spacial score (nSPS) is 22.3. The van der Waals surface area contributed by atoms with E-state index in [0.29, 0.717) is 17.2 Å². The van der Waals surface area contributed by atoms with Crippen LogP contribution in [0.25, 0.3) is 0 Å². The first kappa shape index (κ1) is 15.3. The summed E-state index contributed by atoms with van der Waals surface area (Å²) in [6.07, 6.45) is 3.04. The van der Waals surface area contributed by atoms with Gasteiger partial charge in [-0.25, -0.2) is 8.42 Å². The average molecular weight is 297 g/mol. The summed E-state index contributed by atoms with van der Waals surface area (Å²) in [6, 6.07) is 6.80. The molecular weight excluding hydrogens is 274 g/mol. The molecule has 4 nitrogen and oxygen atoms in total. The molecule has 0 aliphatic heterocycles. The maximum atomic E-state index is 11.9. The van der Waals surface area contributed by atoms with E-state index in [-0.39, 0.29) is 11.9 Å². The largest absolute Gasteiger partial charge is 0.490 e. The minimum Gasteiger partial charge on any atom is -0.490 e. The average Bonchev–Trinajstić information content (AvgIpc) is 2.37. The summed E-state index contributed by atoms with van der Waals surface area (Å²) >= 11 is 0. The van der Waals surface area contributed by atoms with E-state index in [1.165, 1.54) is 0 Å². The lowest BCUT2D eigenvalue weighted by atomic mass is 9.82. The maximum Gasteiger partial charge on any atom is 0.178 e. The molecule has 5 heteroatoms. The zero-order chi connectivity index (χ0) is 14.6. The minimum atomic E-state index is -3.13. The van der Waals surface area contributed by atoms with E-state index in [4.69, 9.17) is 4.74 Å². The van der Waals surface area contributed by atoms with E-state index < -0.39 is 9.84 Å². The summed E-state index contributed by atoms with van der Waals surface area (Å²) in [7, 11) is -1.17. The van der Waals surface area contributed by atoms with Crippen molar-refractivity contribution in [2.45, 2.75) is 37.2 Å². The van der Waals surface area contributed by atoms with E-state index in [1.54, 1.807) is 24.3 Å². The summed E-state index contributed by atoms with van der Waals surface area (Å²) in [6.45, 7) is 2.90. The Labute approximate surface area is 121 Å². The van der Waals surface area contributed by atoms with Crippen molar-refractivity contribution >= 4 is 9.84 Å². The molecule has 0 amide bonds. The fraction of sp³-hybridized carbons (Fsp3) is 0.600. The number of ether oxygens (including phenoxy) is 1. The van der Waals surface area contributed by atoms with Crippen molar-refractivity contribution in [1.82, 2.24) is 5.32 Å². The third-order valence-electron chi connectivity index (χ3n) is 3.64. The quantitative estimate of drug-likeness (QED) is 0.838. The molecule has 1 fully saturated rings. The summed E-state index contributed by atoms with van der Waals surface area (Å²) < 4.78 is 29.6. The highest BCUT2D eigenvalue weighted by molar-refractivity contribution is 7.91. The molecule has 0 aromatic heterocycles. The van der Waals surface area contributed by atoms with Gasteiger partial charge in [0, 0.05) is 0 Å². The molecule has 0 saturated heterocycles. The van der Waals surface area contributed by atoms with E-state index in [9.17, 15) is 8.42 Å². The molecule has 0 radical (unpaired) electrons. The van der Waals surface area contributed by atoms with Crippen molar-refractivity contribution in [1.29, 1.82) is 0 Å². The second-order valence-corrected chi connectivity index (χ2v) is 7.53. The van der Waals surface area contributed by atoms with Crippen LogP contribution in [0.5, 0.6) is 5.75 Å². The second kappa shape index (κ2) is 6.59. The SMILES string of the molecule is CCCS(=O)(=O)c1ccc(OC2CC(CNC)C2)cc1. The van der Waals surface area contributed by atoms with Gasteiger partial charge < -0.3 is 10.1 Å². The Kier molecular flexibility index (Phi) is 5.05. The molecule has 1 aromatic carbocycles. The molecule has 1 aliphatic carbocycles. The van der Waals surface area contributed by atoms with Gasteiger partial charge in [0.1, 0.15) is 5.75 Å². The molecule has 0 heterocycles. The van der Waals surface area contributed by atoms with Gasteiger partial charge in [-0.1, -0.05) is 6.92 Å². The van der Waals surface area contributed by atoms with Crippen molar-refractivity contribution in [2.75, 3.05) is 19.3 Å². The number of nitrogens with one attached hydrogen (secondary N) is 1. The molecule has 0 atom stereocenters. The Hall–Kier alpha value is -1.07. The van der Waals surface area contributed by atoms with Crippen LogP contribution in [0, 0.1) is 5.92 Å². The molecular formula is C15H23NO3S. The van der Waals surface area contributed by atoms with Gasteiger partial charge in [0.05, 0.1) is 16.8 Å². The van der Waals surface area contributed by atoms with Crippen molar-refractivity contribution < 1.29 is 13.2 Å². The Balaban J connectivity index is 1.90. The zero-order valence-corrected chi connectivity index (χ0v) is 12.9. The first-order chi connectivity index (χ1) is 9.55. The number of rotatable bonds is 7. The second-order valence-electron chi connectivity index (χ2n) is 5.43. The smallest absolute Gasteiger partial charge is 0.178 e. The van der Waals surface area contributed by atoms with Crippen LogP contribution in [0.1, 0.15) is 26.2 Å². The van der Waals surface area contributed by atoms with E-state index in [1.807, 2.05) is 14.0 Å². The van der Waals surface area contributed by atoms with Gasteiger partial charge in [0.25, 0.3) is 0 Å². The van der Waals surface area contributed by atoms with Gasteiger partial charge in [0.15, 0.2) is 9.84 Å². The van der Waals surface area contributed by atoms with Gasteiger partial charge in [-0.2, -0.15) is 0 Å². The predicted molar refractivity (Wildman–Crippen MR) is 79.9 cm³/mol. The fourth-order valence-corrected chi connectivity index (χ4v) is 3.85. The van der Waals surface area contributed by atoms with Crippen LogP contribution in [0.4, 0.5) is 0 Å². The third-order valence-corrected chi connectivity index (χ3v) is 5.58.